The average Bonchev–Trinajstić information content (AvgIpc) is 2.26. The van der Waals surface area contributed by atoms with Gasteiger partial charge in [0.1, 0.15) is 11.6 Å². The maximum atomic E-state index is 11.9. The minimum atomic E-state index is -0.537. The van der Waals surface area contributed by atoms with Gasteiger partial charge in [-0.3, -0.25) is 4.79 Å². The van der Waals surface area contributed by atoms with E-state index < -0.39 is 11.6 Å². The van der Waals surface area contributed by atoms with E-state index in [1.54, 1.807) is 0 Å². The second kappa shape index (κ2) is 6.52. The Morgan fingerprint density at radius 1 is 1.32 bits per heavy atom. The predicted molar refractivity (Wildman–Crippen MR) is 79.5 cm³/mol. The minimum absolute atomic E-state index is 0.180. The van der Waals surface area contributed by atoms with Crippen molar-refractivity contribution in [1.82, 2.24) is 5.32 Å². The van der Waals surface area contributed by atoms with E-state index >= 15 is 0 Å². The lowest BCUT2D eigenvalue weighted by Gasteiger charge is -2.32. The van der Waals surface area contributed by atoms with Crippen LogP contribution in [0.15, 0.2) is 0 Å². The van der Waals surface area contributed by atoms with Gasteiger partial charge in [0.05, 0.1) is 0 Å². The highest BCUT2D eigenvalue weighted by atomic mass is 32.1. The highest BCUT2D eigenvalue weighted by molar-refractivity contribution is 7.80. The molecule has 1 rings (SSSR count). The van der Waals surface area contributed by atoms with Crippen LogP contribution >= 0.6 is 12.2 Å². The summed E-state index contributed by atoms with van der Waals surface area (Å²) in [6.07, 6.45) is 3.64. The molecule has 0 aromatic carbocycles. The van der Waals surface area contributed by atoms with Crippen LogP contribution in [0.1, 0.15) is 46.5 Å². The molecule has 0 heterocycles. The molecular weight excluding hydrogens is 262 g/mol. The summed E-state index contributed by atoms with van der Waals surface area (Å²) in [5.41, 5.74) is 11.0. The van der Waals surface area contributed by atoms with Crippen molar-refractivity contribution in [2.75, 3.05) is 0 Å². The van der Waals surface area contributed by atoms with Gasteiger partial charge in [-0.25, -0.2) is 0 Å². The van der Waals surface area contributed by atoms with E-state index in [-0.39, 0.29) is 11.9 Å². The van der Waals surface area contributed by atoms with Gasteiger partial charge < -0.3 is 21.5 Å². The van der Waals surface area contributed by atoms with Gasteiger partial charge in [-0.1, -0.05) is 0 Å². The van der Waals surface area contributed by atoms with Crippen LogP contribution in [0.5, 0.6) is 0 Å². The Labute approximate surface area is 120 Å². The second-order valence-corrected chi connectivity index (χ2v) is 6.62. The van der Waals surface area contributed by atoms with Gasteiger partial charge in [-0.2, -0.15) is 0 Å². The number of carbonyl (C=O) groups excluding carboxylic acids is 1. The second-order valence-electron chi connectivity index (χ2n) is 6.18. The molecule has 1 atom stereocenters. The minimum Gasteiger partial charge on any atom is -0.459 e. The van der Waals surface area contributed by atoms with Crippen LogP contribution in [0.25, 0.3) is 0 Å². The van der Waals surface area contributed by atoms with Crippen molar-refractivity contribution in [2.45, 2.75) is 64.1 Å². The molecule has 0 saturated heterocycles. The molecule has 110 valence electrons. The molecule has 0 bridgehead atoms. The smallest absolute Gasteiger partial charge is 0.323 e. The molecule has 1 saturated carbocycles. The number of nitrogens with one attached hydrogen (secondary N) is 1. The fraction of sp³-hybridized carbons (Fsp3) is 0.846. The first-order valence-electron chi connectivity index (χ1n) is 6.73. The lowest BCUT2D eigenvalue weighted by atomic mass is 9.82. The Hall–Kier alpha value is -0.880. The lowest BCUT2D eigenvalue weighted by molar-refractivity contribution is -0.158. The van der Waals surface area contributed by atoms with E-state index in [4.69, 9.17) is 28.4 Å². The summed E-state index contributed by atoms with van der Waals surface area (Å²) >= 11 is 4.83. The Bertz CT molecular complexity index is 333. The molecular formula is C13H25N3O2S. The number of carbonyl (C=O) groups is 1. The number of rotatable bonds is 3. The summed E-state index contributed by atoms with van der Waals surface area (Å²) in [6.45, 7) is 5.54. The standard InChI is InChI=1S/C13H25N3O2S/c1-13(2,3)18-11(17)10(14)8-4-6-9(7-5-8)16-12(15)19/h8-10H,4-7,14H2,1-3H3,(H3,15,16,19). The highest BCUT2D eigenvalue weighted by Crippen LogP contribution is 2.27. The summed E-state index contributed by atoms with van der Waals surface area (Å²) in [4.78, 5) is 11.9. The van der Waals surface area contributed by atoms with Crippen LogP contribution in [0.3, 0.4) is 0 Å². The van der Waals surface area contributed by atoms with E-state index in [1.807, 2.05) is 20.8 Å². The molecule has 0 spiro atoms. The van der Waals surface area contributed by atoms with Crippen molar-refractivity contribution in [3.63, 3.8) is 0 Å². The van der Waals surface area contributed by atoms with Crippen molar-refractivity contribution in [1.29, 1.82) is 0 Å². The molecule has 5 nitrogen and oxygen atoms in total. The summed E-state index contributed by atoms with van der Waals surface area (Å²) in [7, 11) is 0. The Balaban J connectivity index is 2.42. The van der Waals surface area contributed by atoms with Gasteiger partial charge in [-0.05, 0) is 64.6 Å². The van der Waals surface area contributed by atoms with Crippen LogP contribution in [0, 0.1) is 5.92 Å². The summed E-state index contributed by atoms with van der Waals surface area (Å²) in [5, 5.41) is 3.39. The lowest BCUT2D eigenvalue weighted by Crippen LogP contribution is -2.46. The van der Waals surface area contributed by atoms with Crippen LogP contribution in [-0.4, -0.2) is 28.8 Å². The maximum Gasteiger partial charge on any atom is 0.323 e. The van der Waals surface area contributed by atoms with Crippen LogP contribution in [0.4, 0.5) is 0 Å². The molecule has 0 aliphatic heterocycles. The van der Waals surface area contributed by atoms with Crippen LogP contribution in [0.2, 0.25) is 0 Å². The summed E-state index contributed by atoms with van der Waals surface area (Å²) in [6, 6.07) is -0.232. The topological polar surface area (TPSA) is 90.4 Å². The predicted octanol–water partition coefficient (Wildman–Crippen LogP) is 1.05. The number of thiocarbonyl (C=S) groups is 1. The third-order valence-corrected chi connectivity index (χ3v) is 3.42. The quantitative estimate of drug-likeness (QED) is 0.531. The van der Waals surface area contributed by atoms with E-state index in [9.17, 15) is 4.79 Å². The van der Waals surface area contributed by atoms with E-state index in [0.717, 1.165) is 25.7 Å². The van der Waals surface area contributed by atoms with Crippen molar-refractivity contribution >= 4 is 23.3 Å². The zero-order chi connectivity index (χ0) is 14.6. The fourth-order valence-corrected chi connectivity index (χ4v) is 2.55. The van der Waals surface area contributed by atoms with Gasteiger partial charge in [0, 0.05) is 6.04 Å². The third kappa shape index (κ3) is 5.74. The van der Waals surface area contributed by atoms with Gasteiger partial charge in [-0.15, -0.1) is 0 Å². The Morgan fingerprint density at radius 2 is 1.84 bits per heavy atom. The van der Waals surface area contributed by atoms with Gasteiger partial charge >= 0.3 is 5.97 Å². The normalized spacial score (nSPS) is 25.5. The van der Waals surface area contributed by atoms with E-state index in [2.05, 4.69) is 5.32 Å². The van der Waals surface area contributed by atoms with E-state index in [1.165, 1.54) is 0 Å². The molecule has 6 heteroatoms. The van der Waals surface area contributed by atoms with Crippen molar-refractivity contribution in [3.05, 3.63) is 0 Å². The third-order valence-electron chi connectivity index (χ3n) is 3.31. The van der Waals surface area contributed by atoms with Crippen molar-refractivity contribution in [2.24, 2.45) is 17.4 Å². The SMILES string of the molecule is CC(C)(C)OC(=O)C(N)C1CCC(NC(N)=S)CC1. The Morgan fingerprint density at radius 3 is 2.26 bits per heavy atom. The zero-order valence-corrected chi connectivity index (χ0v) is 12.8. The monoisotopic (exact) mass is 287 g/mol. The van der Waals surface area contributed by atoms with Crippen molar-refractivity contribution in [3.8, 4) is 0 Å². The molecule has 0 amide bonds. The highest BCUT2D eigenvalue weighted by Gasteiger charge is 2.32. The largest absolute Gasteiger partial charge is 0.459 e. The fourth-order valence-electron chi connectivity index (χ4n) is 2.39. The molecule has 1 unspecified atom stereocenters. The number of ether oxygens (including phenoxy) is 1. The number of hydrogen-bond acceptors (Lipinski definition) is 4. The first-order valence-corrected chi connectivity index (χ1v) is 7.14. The Kier molecular flexibility index (Phi) is 5.55. The molecule has 19 heavy (non-hydrogen) atoms. The summed E-state index contributed by atoms with van der Waals surface area (Å²) < 4.78 is 5.32. The summed E-state index contributed by atoms with van der Waals surface area (Å²) in [5.74, 6) is -0.127. The molecule has 1 aliphatic carbocycles. The first-order chi connectivity index (χ1) is 8.69. The molecule has 0 radical (unpaired) electrons. The van der Waals surface area contributed by atoms with Crippen LogP contribution < -0.4 is 16.8 Å². The number of hydrogen-bond donors (Lipinski definition) is 3. The molecule has 1 aliphatic rings. The number of nitrogens with two attached hydrogens (primary N) is 2. The van der Waals surface area contributed by atoms with Gasteiger partial charge in [0.15, 0.2) is 5.11 Å². The van der Waals surface area contributed by atoms with Gasteiger partial charge in [0.25, 0.3) is 0 Å². The van der Waals surface area contributed by atoms with Crippen LogP contribution in [-0.2, 0) is 9.53 Å². The molecule has 0 aromatic rings. The van der Waals surface area contributed by atoms with Crippen molar-refractivity contribution < 1.29 is 9.53 Å². The average molecular weight is 287 g/mol. The zero-order valence-electron chi connectivity index (χ0n) is 11.9. The molecule has 5 N–H and O–H groups in total. The first kappa shape index (κ1) is 16.2. The maximum absolute atomic E-state index is 11.9. The molecule has 1 fully saturated rings. The van der Waals surface area contributed by atoms with E-state index in [0.29, 0.717) is 11.2 Å². The van der Waals surface area contributed by atoms with Gasteiger partial charge in [0.2, 0.25) is 0 Å². The molecule has 0 aromatic heterocycles. The number of esters is 1.